The van der Waals surface area contributed by atoms with Gasteiger partial charge in [0, 0.05) is 25.6 Å². The van der Waals surface area contributed by atoms with E-state index >= 15 is 0 Å². The molecule has 0 radical (unpaired) electrons. The standard InChI is InChI=1S/C18H25N3OS.2ClH/c1-19-13-14-7-6-12-21(14)18(22)11-5-4-10-17-20-15-8-2-3-9-16(15)23-17;;/h2-3,8-9,14,19H,4-7,10-13H2,1H3;2*1H. The number of likely N-dealkylation sites (tertiary alicyclic amines) is 1. The van der Waals surface area contributed by atoms with Crippen LogP contribution in [-0.2, 0) is 11.2 Å². The van der Waals surface area contributed by atoms with Gasteiger partial charge in [-0.25, -0.2) is 4.98 Å². The maximum Gasteiger partial charge on any atom is 0.222 e. The number of nitrogens with one attached hydrogen (secondary N) is 1. The highest BCUT2D eigenvalue weighted by atomic mass is 35.5. The fourth-order valence-electron chi connectivity index (χ4n) is 3.33. The first kappa shape index (κ1) is 22.2. The Morgan fingerprint density at radius 2 is 2.12 bits per heavy atom. The summed E-state index contributed by atoms with van der Waals surface area (Å²) in [6.07, 6.45) is 5.92. The van der Waals surface area contributed by atoms with Crippen LogP contribution in [0.1, 0.15) is 37.1 Å². The molecule has 2 aromatic rings. The number of hydrogen-bond donors (Lipinski definition) is 1. The molecule has 0 saturated carbocycles. The fraction of sp³-hybridized carbons (Fsp3) is 0.556. The molecule has 4 nitrogen and oxygen atoms in total. The molecule has 0 spiro atoms. The monoisotopic (exact) mass is 403 g/mol. The second-order valence-electron chi connectivity index (χ2n) is 6.22. The van der Waals surface area contributed by atoms with Crippen molar-refractivity contribution in [2.24, 2.45) is 0 Å². The molecule has 7 heteroatoms. The number of likely N-dealkylation sites (N-methyl/N-ethyl adjacent to an activating group) is 1. The molecule has 1 N–H and O–H groups in total. The first-order valence-corrected chi connectivity index (χ1v) is 9.38. The van der Waals surface area contributed by atoms with Crippen molar-refractivity contribution in [3.63, 3.8) is 0 Å². The van der Waals surface area contributed by atoms with E-state index in [2.05, 4.69) is 33.4 Å². The molecule has 1 aliphatic heterocycles. The van der Waals surface area contributed by atoms with Gasteiger partial charge in [-0.1, -0.05) is 12.1 Å². The molecule has 2 heterocycles. The zero-order valence-corrected chi connectivity index (χ0v) is 17.0. The van der Waals surface area contributed by atoms with Crippen molar-refractivity contribution in [1.82, 2.24) is 15.2 Å². The predicted octanol–water partition coefficient (Wildman–Crippen LogP) is 4.06. The average Bonchev–Trinajstić information content (AvgIpc) is 3.17. The summed E-state index contributed by atoms with van der Waals surface area (Å²) in [5, 5.41) is 4.38. The van der Waals surface area contributed by atoms with Gasteiger partial charge < -0.3 is 10.2 Å². The van der Waals surface area contributed by atoms with Crippen LogP contribution < -0.4 is 5.32 Å². The van der Waals surface area contributed by atoms with Gasteiger partial charge in [-0.2, -0.15) is 0 Å². The van der Waals surface area contributed by atoms with E-state index in [0.717, 1.165) is 50.7 Å². The van der Waals surface area contributed by atoms with Crippen molar-refractivity contribution in [1.29, 1.82) is 0 Å². The minimum atomic E-state index is 0. The van der Waals surface area contributed by atoms with E-state index in [1.165, 1.54) is 9.71 Å². The third-order valence-corrected chi connectivity index (χ3v) is 5.60. The molecular formula is C18H27Cl2N3OS. The van der Waals surface area contributed by atoms with E-state index in [1.54, 1.807) is 11.3 Å². The van der Waals surface area contributed by atoms with Crippen LogP contribution in [0, 0.1) is 0 Å². The van der Waals surface area contributed by atoms with Crippen molar-refractivity contribution >= 4 is 52.3 Å². The van der Waals surface area contributed by atoms with Crippen LogP contribution in [0.15, 0.2) is 24.3 Å². The SMILES string of the molecule is CNCC1CCCN1C(=O)CCCCc1nc2ccccc2s1.Cl.Cl. The van der Waals surface area contributed by atoms with Gasteiger partial charge in [0.15, 0.2) is 0 Å². The minimum Gasteiger partial charge on any atom is -0.338 e. The van der Waals surface area contributed by atoms with Gasteiger partial charge in [0.05, 0.1) is 15.2 Å². The number of hydrogen-bond acceptors (Lipinski definition) is 4. The van der Waals surface area contributed by atoms with Gasteiger partial charge in [-0.15, -0.1) is 36.2 Å². The number of aryl methyl sites for hydroxylation is 1. The second kappa shape index (κ2) is 11.0. The second-order valence-corrected chi connectivity index (χ2v) is 7.34. The number of amides is 1. The molecule has 140 valence electrons. The van der Waals surface area contributed by atoms with Gasteiger partial charge in [0.1, 0.15) is 0 Å². The molecule has 1 saturated heterocycles. The van der Waals surface area contributed by atoms with Crippen molar-refractivity contribution < 1.29 is 4.79 Å². The highest BCUT2D eigenvalue weighted by Crippen LogP contribution is 2.23. The molecule has 1 fully saturated rings. The number of unbranched alkanes of at least 4 members (excludes halogenated alkanes) is 1. The summed E-state index contributed by atoms with van der Waals surface area (Å²) < 4.78 is 1.26. The number of nitrogens with zero attached hydrogens (tertiary/aromatic N) is 2. The summed E-state index contributed by atoms with van der Waals surface area (Å²) >= 11 is 1.77. The Morgan fingerprint density at radius 3 is 2.88 bits per heavy atom. The van der Waals surface area contributed by atoms with Crippen molar-refractivity contribution in [2.75, 3.05) is 20.1 Å². The number of para-hydroxylation sites is 1. The first-order chi connectivity index (χ1) is 11.3. The summed E-state index contributed by atoms with van der Waals surface area (Å²) in [5.74, 6) is 0.326. The summed E-state index contributed by atoms with van der Waals surface area (Å²) in [7, 11) is 1.96. The zero-order valence-electron chi connectivity index (χ0n) is 14.6. The Balaban J connectivity index is 0.00000156. The molecule has 3 rings (SSSR count). The molecule has 0 bridgehead atoms. The average molecular weight is 404 g/mol. The van der Waals surface area contributed by atoms with Crippen LogP contribution in [0.2, 0.25) is 0 Å². The quantitative estimate of drug-likeness (QED) is 0.708. The maximum atomic E-state index is 12.4. The van der Waals surface area contributed by atoms with E-state index in [9.17, 15) is 4.79 Å². The van der Waals surface area contributed by atoms with Gasteiger partial charge in [0.25, 0.3) is 0 Å². The summed E-state index contributed by atoms with van der Waals surface area (Å²) in [4.78, 5) is 19.1. The smallest absolute Gasteiger partial charge is 0.222 e. The third kappa shape index (κ3) is 5.81. The Kier molecular flexibility index (Phi) is 9.72. The van der Waals surface area contributed by atoms with Gasteiger partial charge in [-0.3, -0.25) is 4.79 Å². The van der Waals surface area contributed by atoms with Crippen molar-refractivity contribution in [3.05, 3.63) is 29.3 Å². The predicted molar refractivity (Wildman–Crippen MR) is 110 cm³/mol. The molecular weight excluding hydrogens is 377 g/mol. The highest BCUT2D eigenvalue weighted by molar-refractivity contribution is 7.18. The van der Waals surface area contributed by atoms with Crippen LogP contribution in [0.25, 0.3) is 10.2 Å². The number of halogens is 2. The minimum absolute atomic E-state index is 0. The van der Waals surface area contributed by atoms with Crippen LogP contribution in [0.3, 0.4) is 0 Å². The van der Waals surface area contributed by atoms with E-state index in [-0.39, 0.29) is 24.8 Å². The Hall–Kier alpha value is -0.880. The van der Waals surface area contributed by atoms with Gasteiger partial charge >= 0.3 is 0 Å². The number of thiazole rings is 1. The summed E-state index contributed by atoms with van der Waals surface area (Å²) in [5.41, 5.74) is 1.09. The van der Waals surface area contributed by atoms with Crippen LogP contribution in [0.5, 0.6) is 0 Å². The third-order valence-electron chi connectivity index (χ3n) is 4.51. The number of rotatable bonds is 7. The van der Waals surface area contributed by atoms with Crippen LogP contribution >= 0.6 is 36.2 Å². The Bertz CT molecular complexity index is 632. The fourth-order valence-corrected chi connectivity index (χ4v) is 4.34. The lowest BCUT2D eigenvalue weighted by atomic mass is 10.1. The molecule has 25 heavy (non-hydrogen) atoms. The number of carbonyl (C=O) groups excluding carboxylic acids is 1. The highest BCUT2D eigenvalue weighted by Gasteiger charge is 2.27. The summed E-state index contributed by atoms with van der Waals surface area (Å²) in [6, 6.07) is 8.67. The topological polar surface area (TPSA) is 45.2 Å². The van der Waals surface area contributed by atoms with Gasteiger partial charge in [0.2, 0.25) is 5.91 Å². The van der Waals surface area contributed by atoms with Crippen molar-refractivity contribution in [3.8, 4) is 0 Å². The summed E-state index contributed by atoms with van der Waals surface area (Å²) in [6.45, 7) is 1.85. The van der Waals surface area contributed by atoms with E-state index < -0.39 is 0 Å². The zero-order chi connectivity index (χ0) is 16.1. The number of carbonyl (C=O) groups is 1. The van der Waals surface area contributed by atoms with Crippen LogP contribution in [0.4, 0.5) is 0 Å². The van der Waals surface area contributed by atoms with E-state index in [0.29, 0.717) is 18.4 Å². The van der Waals surface area contributed by atoms with Crippen LogP contribution in [-0.4, -0.2) is 42.0 Å². The normalized spacial score (nSPS) is 16.5. The molecule has 1 amide bonds. The molecule has 1 aromatic heterocycles. The first-order valence-electron chi connectivity index (χ1n) is 8.56. The molecule has 0 aliphatic carbocycles. The van der Waals surface area contributed by atoms with E-state index in [4.69, 9.17) is 0 Å². The number of benzene rings is 1. The lowest BCUT2D eigenvalue weighted by molar-refractivity contribution is -0.132. The molecule has 1 aromatic carbocycles. The molecule has 1 aliphatic rings. The Labute approximate surface area is 166 Å². The lowest BCUT2D eigenvalue weighted by Gasteiger charge is -2.24. The molecule has 1 atom stereocenters. The van der Waals surface area contributed by atoms with Crippen molar-refractivity contribution in [2.45, 2.75) is 44.6 Å². The van der Waals surface area contributed by atoms with Gasteiger partial charge in [-0.05, 0) is 51.3 Å². The molecule has 1 unspecified atom stereocenters. The van der Waals surface area contributed by atoms with E-state index in [1.807, 2.05) is 13.1 Å². The largest absolute Gasteiger partial charge is 0.338 e. The maximum absolute atomic E-state index is 12.4. The number of aromatic nitrogens is 1. The lowest BCUT2D eigenvalue weighted by Crippen LogP contribution is -2.40. The number of fused-ring (bicyclic) bond motifs is 1. The Morgan fingerprint density at radius 1 is 1.32 bits per heavy atom.